The molecule has 3 rings (SSSR count). The number of thiophene rings is 1. The van der Waals surface area contributed by atoms with Crippen LogP contribution in [0.15, 0.2) is 40.6 Å². The minimum atomic E-state index is -3.71. The van der Waals surface area contributed by atoms with E-state index in [1.165, 1.54) is 0 Å². The van der Waals surface area contributed by atoms with E-state index < -0.39 is 16.1 Å². The first kappa shape index (κ1) is 19.0. The van der Waals surface area contributed by atoms with Gasteiger partial charge in [-0.2, -0.15) is 0 Å². The van der Waals surface area contributed by atoms with Crippen LogP contribution in [-0.4, -0.2) is 20.1 Å². The van der Waals surface area contributed by atoms with Crippen molar-refractivity contribution in [3.63, 3.8) is 0 Å². The van der Waals surface area contributed by atoms with Crippen molar-refractivity contribution < 1.29 is 13.5 Å². The fraction of sp³-hybridized carbons (Fsp3) is 0.300. The summed E-state index contributed by atoms with van der Waals surface area (Å²) in [7, 11) is -3.71. The lowest BCUT2D eigenvalue weighted by molar-refractivity contribution is 0.184. The zero-order valence-corrected chi connectivity index (χ0v) is 17.0. The molecule has 1 aromatic heterocycles. The lowest BCUT2D eigenvalue weighted by atomic mass is 10.0. The van der Waals surface area contributed by atoms with Gasteiger partial charge >= 0.3 is 0 Å². The van der Waals surface area contributed by atoms with Gasteiger partial charge in [-0.25, -0.2) is 13.1 Å². The number of aryl methyl sites for hydroxylation is 2. The van der Waals surface area contributed by atoms with Crippen molar-refractivity contribution in [1.29, 1.82) is 0 Å². The molecule has 2 N–H and O–H groups in total. The summed E-state index contributed by atoms with van der Waals surface area (Å²) in [5.74, 6) is 0. The average molecular weight is 390 g/mol. The molecule has 6 heteroatoms. The predicted molar refractivity (Wildman–Crippen MR) is 107 cm³/mol. The molecule has 0 aliphatic rings. The highest BCUT2D eigenvalue weighted by Crippen LogP contribution is 2.31. The van der Waals surface area contributed by atoms with Gasteiger partial charge in [-0.1, -0.05) is 24.3 Å². The molecule has 0 aliphatic carbocycles. The molecule has 138 valence electrons. The average Bonchev–Trinajstić information content (AvgIpc) is 3.02. The van der Waals surface area contributed by atoms with Gasteiger partial charge in [0, 0.05) is 16.8 Å². The van der Waals surface area contributed by atoms with Crippen molar-refractivity contribution in [3.05, 3.63) is 63.5 Å². The van der Waals surface area contributed by atoms with Gasteiger partial charge < -0.3 is 5.11 Å². The molecule has 2 aromatic carbocycles. The number of hydrogen-bond acceptors (Lipinski definition) is 4. The number of fused-ring (bicyclic) bond motifs is 1. The first-order chi connectivity index (χ1) is 12.2. The number of nitrogens with one attached hydrogen (secondary N) is 1. The van der Waals surface area contributed by atoms with Crippen molar-refractivity contribution in [1.82, 2.24) is 4.72 Å². The topological polar surface area (TPSA) is 66.4 Å². The number of aliphatic hydroxyl groups is 1. The van der Waals surface area contributed by atoms with Crippen LogP contribution < -0.4 is 4.72 Å². The van der Waals surface area contributed by atoms with Crippen LogP contribution in [0.1, 0.15) is 33.9 Å². The van der Waals surface area contributed by atoms with Crippen LogP contribution in [0.4, 0.5) is 0 Å². The Morgan fingerprint density at radius 2 is 1.69 bits per heavy atom. The molecule has 0 saturated heterocycles. The third-order valence-electron chi connectivity index (χ3n) is 4.90. The van der Waals surface area contributed by atoms with Crippen LogP contribution in [0.2, 0.25) is 0 Å². The molecule has 3 aromatic rings. The summed E-state index contributed by atoms with van der Waals surface area (Å²) in [4.78, 5) is 0.317. The Labute approximate surface area is 158 Å². The Morgan fingerprint density at radius 1 is 1.08 bits per heavy atom. The zero-order valence-electron chi connectivity index (χ0n) is 15.3. The Kier molecular flexibility index (Phi) is 5.21. The number of sulfonamides is 1. The second kappa shape index (κ2) is 7.12. The van der Waals surface area contributed by atoms with Gasteiger partial charge in [-0.05, 0) is 66.8 Å². The van der Waals surface area contributed by atoms with E-state index in [-0.39, 0.29) is 6.54 Å². The van der Waals surface area contributed by atoms with Crippen molar-refractivity contribution in [3.8, 4) is 0 Å². The van der Waals surface area contributed by atoms with Crippen LogP contribution in [0.3, 0.4) is 0 Å². The molecule has 0 bridgehead atoms. The van der Waals surface area contributed by atoms with Gasteiger partial charge in [-0.15, -0.1) is 11.3 Å². The second-order valence-electron chi connectivity index (χ2n) is 6.64. The van der Waals surface area contributed by atoms with Crippen LogP contribution in [0, 0.1) is 27.7 Å². The molecule has 26 heavy (non-hydrogen) atoms. The largest absolute Gasteiger partial charge is 0.387 e. The summed E-state index contributed by atoms with van der Waals surface area (Å²) in [5.41, 5.74) is 4.13. The van der Waals surface area contributed by atoms with Crippen molar-refractivity contribution in [2.45, 2.75) is 38.7 Å². The lowest BCUT2D eigenvalue weighted by Gasteiger charge is -2.17. The smallest absolute Gasteiger partial charge is 0.241 e. The van der Waals surface area contributed by atoms with Crippen molar-refractivity contribution >= 4 is 31.4 Å². The van der Waals surface area contributed by atoms with Gasteiger partial charge in [0.05, 0.1) is 11.0 Å². The van der Waals surface area contributed by atoms with E-state index in [0.717, 1.165) is 37.9 Å². The van der Waals surface area contributed by atoms with E-state index in [1.54, 1.807) is 11.3 Å². The highest BCUT2D eigenvalue weighted by atomic mass is 32.2. The van der Waals surface area contributed by atoms with E-state index in [0.29, 0.717) is 4.90 Å². The van der Waals surface area contributed by atoms with Crippen LogP contribution in [-0.2, 0) is 10.0 Å². The van der Waals surface area contributed by atoms with Gasteiger partial charge in [0.25, 0.3) is 0 Å². The summed E-state index contributed by atoms with van der Waals surface area (Å²) in [6, 6.07) is 9.79. The normalized spacial score (nSPS) is 13.3. The summed E-state index contributed by atoms with van der Waals surface area (Å²) < 4.78 is 29.5. The van der Waals surface area contributed by atoms with Gasteiger partial charge in [0.15, 0.2) is 0 Å². The molecule has 1 heterocycles. The second-order valence-corrected chi connectivity index (χ2v) is 9.26. The van der Waals surface area contributed by atoms with Crippen molar-refractivity contribution in [2.75, 3.05) is 6.54 Å². The first-order valence-electron chi connectivity index (χ1n) is 8.43. The van der Waals surface area contributed by atoms with Gasteiger partial charge in [0.2, 0.25) is 10.0 Å². The summed E-state index contributed by atoms with van der Waals surface area (Å²) >= 11 is 1.54. The highest BCUT2D eigenvalue weighted by molar-refractivity contribution is 7.89. The Balaban J connectivity index is 1.87. The van der Waals surface area contributed by atoms with E-state index in [9.17, 15) is 13.5 Å². The quantitative estimate of drug-likeness (QED) is 0.689. The lowest BCUT2D eigenvalue weighted by Crippen LogP contribution is -2.30. The molecule has 0 aliphatic heterocycles. The third kappa shape index (κ3) is 3.42. The molecule has 0 fully saturated rings. The molecule has 1 atom stereocenters. The Bertz CT molecular complexity index is 1040. The molecule has 0 radical (unpaired) electrons. The Morgan fingerprint density at radius 3 is 2.35 bits per heavy atom. The zero-order chi connectivity index (χ0) is 19.1. The van der Waals surface area contributed by atoms with E-state index >= 15 is 0 Å². The van der Waals surface area contributed by atoms with Crippen LogP contribution in [0.25, 0.3) is 10.1 Å². The molecule has 0 amide bonds. The highest BCUT2D eigenvalue weighted by Gasteiger charge is 2.23. The summed E-state index contributed by atoms with van der Waals surface area (Å²) in [5, 5.41) is 13.4. The molecular formula is C20H23NO3S2. The van der Waals surface area contributed by atoms with E-state index in [2.05, 4.69) is 4.72 Å². The van der Waals surface area contributed by atoms with Crippen LogP contribution >= 0.6 is 11.3 Å². The monoisotopic (exact) mass is 389 g/mol. The summed E-state index contributed by atoms with van der Waals surface area (Å²) in [6.07, 6.45) is -0.896. The maximum absolute atomic E-state index is 12.9. The molecule has 4 nitrogen and oxygen atoms in total. The molecule has 0 unspecified atom stereocenters. The SMILES string of the molecule is Cc1cc(C)c(C)c(S(=O)(=O)NC[C@H](O)c2csc3ccccc23)c1C. The van der Waals surface area contributed by atoms with E-state index in [4.69, 9.17) is 0 Å². The molecular weight excluding hydrogens is 366 g/mol. The first-order valence-corrected chi connectivity index (χ1v) is 10.8. The van der Waals surface area contributed by atoms with Crippen LogP contribution in [0.5, 0.6) is 0 Å². The number of rotatable bonds is 5. The standard InChI is InChI=1S/C20H23NO3S2/c1-12-9-13(2)15(4)20(14(12)3)26(23,24)21-10-18(22)17-11-25-19-8-6-5-7-16(17)19/h5-9,11,18,21-22H,10H2,1-4H3/t18-/m0/s1. The number of aliphatic hydroxyl groups excluding tert-OH is 1. The van der Waals surface area contributed by atoms with Gasteiger partial charge in [0.1, 0.15) is 0 Å². The predicted octanol–water partition coefficient (Wildman–Crippen LogP) is 4.15. The summed E-state index contributed by atoms with van der Waals surface area (Å²) in [6.45, 7) is 7.40. The third-order valence-corrected chi connectivity index (χ3v) is 7.58. The van der Waals surface area contributed by atoms with Gasteiger partial charge in [-0.3, -0.25) is 0 Å². The minimum absolute atomic E-state index is 0.0606. The maximum Gasteiger partial charge on any atom is 0.241 e. The molecule has 0 saturated carbocycles. The fourth-order valence-electron chi connectivity index (χ4n) is 3.21. The fourth-order valence-corrected chi connectivity index (χ4v) is 5.87. The van der Waals surface area contributed by atoms with E-state index in [1.807, 2.05) is 63.4 Å². The molecule has 0 spiro atoms. The Hall–Kier alpha value is -1.73. The maximum atomic E-state index is 12.9. The number of hydrogen-bond donors (Lipinski definition) is 2. The minimum Gasteiger partial charge on any atom is -0.387 e. The van der Waals surface area contributed by atoms with Crippen molar-refractivity contribution in [2.24, 2.45) is 0 Å². The number of benzene rings is 2.